The molecule has 1 fully saturated rings. The molecule has 4 heteroatoms. The molecule has 106 valence electrons. The summed E-state index contributed by atoms with van der Waals surface area (Å²) in [5.41, 5.74) is 1.000. The van der Waals surface area contributed by atoms with E-state index in [1.807, 2.05) is 32.0 Å². The number of benzene rings is 1. The van der Waals surface area contributed by atoms with Gasteiger partial charge >= 0.3 is 0 Å². The van der Waals surface area contributed by atoms with Crippen molar-refractivity contribution in [2.75, 3.05) is 38.3 Å². The van der Waals surface area contributed by atoms with Crippen molar-refractivity contribution in [2.45, 2.75) is 20.3 Å². The predicted octanol–water partition coefficient (Wildman–Crippen LogP) is 2.93. The molecule has 0 aromatic heterocycles. The lowest BCUT2D eigenvalue weighted by atomic mass is 10.1. The van der Waals surface area contributed by atoms with E-state index in [9.17, 15) is 0 Å². The Morgan fingerprint density at radius 1 is 1.26 bits per heavy atom. The topological polar surface area (TPSA) is 39.7 Å². The van der Waals surface area contributed by atoms with E-state index in [1.165, 1.54) is 0 Å². The van der Waals surface area contributed by atoms with Gasteiger partial charge in [-0.25, -0.2) is 0 Å². The van der Waals surface area contributed by atoms with E-state index in [1.54, 1.807) is 0 Å². The van der Waals surface area contributed by atoms with Crippen LogP contribution in [0.2, 0.25) is 0 Å². The fourth-order valence-electron chi connectivity index (χ4n) is 2.18. The normalized spacial score (nSPS) is 18.3. The lowest BCUT2D eigenvalue weighted by Crippen LogP contribution is -2.14. The average Bonchev–Trinajstić information content (AvgIpc) is 2.92. The Balaban J connectivity index is 2.02. The van der Waals surface area contributed by atoms with Gasteiger partial charge in [0, 0.05) is 25.1 Å². The second-order valence-corrected chi connectivity index (χ2v) is 4.63. The third kappa shape index (κ3) is 4.03. The quantitative estimate of drug-likeness (QED) is 0.823. The first-order chi connectivity index (χ1) is 9.33. The van der Waals surface area contributed by atoms with Gasteiger partial charge in [-0.1, -0.05) is 0 Å². The summed E-state index contributed by atoms with van der Waals surface area (Å²) < 4.78 is 16.6. The van der Waals surface area contributed by atoms with Crippen molar-refractivity contribution in [3.8, 4) is 11.5 Å². The third-order valence-corrected chi connectivity index (χ3v) is 3.17. The lowest BCUT2D eigenvalue weighted by Gasteiger charge is -2.16. The van der Waals surface area contributed by atoms with Gasteiger partial charge in [-0.05, 0) is 32.4 Å². The monoisotopic (exact) mass is 265 g/mol. The number of hydrogen-bond donors (Lipinski definition) is 1. The SMILES string of the molecule is CCOc1ccc(OCC)c(NCC2CCOC2)c1. The van der Waals surface area contributed by atoms with Gasteiger partial charge in [0.2, 0.25) is 0 Å². The van der Waals surface area contributed by atoms with E-state index >= 15 is 0 Å². The van der Waals surface area contributed by atoms with E-state index in [2.05, 4.69) is 5.32 Å². The van der Waals surface area contributed by atoms with Crippen LogP contribution in [0, 0.1) is 5.92 Å². The minimum Gasteiger partial charge on any atom is -0.494 e. The van der Waals surface area contributed by atoms with Gasteiger partial charge in [-0.2, -0.15) is 0 Å². The largest absolute Gasteiger partial charge is 0.494 e. The molecule has 0 amide bonds. The Kier molecular flexibility index (Phi) is 5.33. The summed E-state index contributed by atoms with van der Waals surface area (Å²) in [5, 5.41) is 3.45. The van der Waals surface area contributed by atoms with Gasteiger partial charge < -0.3 is 19.5 Å². The number of ether oxygens (including phenoxy) is 3. The molecule has 0 radical (unpaired) electrons. The van der Waals surface area contributed by atoms with Gasteiger partial charge in [0.15, 0.2) is 0 Å². The summed E-state index contributed by atoms with van der Waals surface area (Å²) in [6, 6.07) is 5.91. The molecular weight excluding hydrogens is 242 g/mol. The summed E-state index contributed by atoms with van der Waals surface area (Å²) in [6.45, 7) is 7.95. The molecular formula is C15H23NO3. The maximum absolute atomic E-state index is 5.64. The van der Waals surface area contributed by atoms with Gasteiger partial charge in [-0.15, -0.1) is 0 Å². The van der Waals surface area contributed by atoms with Crippen LogP contribution in [-0.2, 0) is 4.74 Å². The summed E-state index contributed by atoms with van der Waals surface area (Å²) >= 11 is 0. The Labute approximate surface area is 115 Å². The first-order valence-corrected chi connectivity index (χ1v) is 7.04. The first-order valence-electron chi connectivity index (χ1n) is 7.04. The number of hydrogen-bond acceptors (Lipinski definition) is 4. The van der Waals surface area contributed by atoms with Crippen molar-refractivity contribution in [3.05, 3.63) is 18.2 Å². The number of rotatable bonds is 7. The van der Waals surface area contributed by atoms with E-state index in [0.29, 0.717) is 19.1 Å². The minimum atomic E-state index is 0.588. The van der Waals surface area contributed by atoms with E-state index in [-0.39, 0.29) is 0 Å². The molecule has 1 N–H and O–H groups in total. The number of anilines is 1. The Bertz CT molecular complexity index is 389. The van der Waals surface area contributed by atoms with Crippen LogP contribution in [0.3, 0.4) is 0 Å². The van der Waals surface area contributed by atoms with Crippen LogP contribution in [0.15, 0.2) is 18.2 Å². The van der Waals surface area contributed by atoms with Crippen molar-refractivity contribution in [1.82, 2.24) is 0 Å². The summed E-state index contributed by atoms with van der Waals surface area (Å²) in [6.07, 6.45) is 1.13. The molecule has 1 unspecified atom stereocenters. The molecule has 1 aliphatic rings. The molecule has 1 aromatic carbocycles. The molecule has 0 saturated carbocycles. The molecule has 1 heterocycles. The fourth-order valence-corrected chi connectivity index (χ4v) is 2.18. The fraction of sp³-hybridized carbons (Fsp3) is 0.600. The first kappa shape index (κ1) is 14.0. The zero-order valence-electron chi connectivity index (χ0n) is 11.8. The Morgan fingerprint density at radius 3 is 2.79 bits per heavy atom. The zero-order valence-corrected chi connectivity index (χ0v) is 11.8. The van der Waals surface area contributed by atoms with Crippen LogP contribution in [0.5, 0.6) is 11.5 Å². The molecule has 1 aliphatic heterocycles. The second-order valence-electron chi connectivity index (χ2n) is 4.63. The summed E-state index contributed by atoms with van der Waals surface area (Å²) in [5.74, 6) is 2.34. The smallest absolute Gasteiger partial charge is 0.142 e. The Hall–Kier alpha value is -1.42. The zero-order chi connectivity index (χ0) is 13.5. The highest BCUT2D eigenvalue weighted by atomic mass is 16.5. The van der Waals surface area contributed by atoms with Crippen LogP contribution in [0.25, 0.3) is 0 Å². The van der Waals surface area contributed by atoms with E-state index in [4.69, 9.17) is 14.2 Å². The van der Waals surface area contributed by atoms with Crippen molar-refractivity contribution in [3.63, 3.8) is 0 Å². The molecule has 1 saturated heterocycles. The Morgan fingerprint density at radius 2 is 2.11 bits per heavy atom. The van der Waals surface area contributed by atoms with Crippen LogP contribution in [0.4, 0.5) is 5.69 Å². The molecule has 19 heavy (non-hydrogen) atoms. The molecule has 0 bridgehead atoms. The van der Waals surface area contributed by atoms with Crippen LogP contribution in [0.1, 0.15) is 20.3 Å². The standard InChI is InChI=1S/C15H23NO3/c1-3-18-13-5-6-15(19-4-2)14(9-13)16-10-12-7-8-17-11-12/h5-6,9,12,16H,3-4,7-8,10-11H2,1-2H3. The summed E-state index contributed by atoms with van der Waals surface area (Å²) in [7, 11) is 0. The van der Waals surface area contributed by atoms with Crippen LogP contribution >= 0.6 is 0 Å². The van der Waals surface area contributed by atoms with Crippen molar-refractivity contribution >= 4 is 5.69 Å². The molecule has 4 nitrogen and oxygen atoms in total. The molecule has 2 rings (SSSR count). The predicted molar refractivity (Wildman–Crippen MR) is 76.2 cm³/mol. The average molecular weight is 265 g/mol. The van der Waals surface area contributed by atoms with Crippen LogP contribution < -0.4 is 14.8 Å². The highest BCUT2D eigenvalue weighted by Gasteiger charge is 2.16. The maximum Gasteiger partial charge on any atom is 0.142 e. The van der Waals surface area contributed by atoms with Crippen LogP contribution in [-0.4, -0.2) is 33.0 Å². The van der Waals surface area contributed by atoms with Crippen molar-refractivity contribution in [1.29, 1.82) is 0 Å². The summed E-state index contributed by atoms with van der Waals surface area (Å²) in [4.78, 5) is 0. The highest BCUT2D eigenvalue weighted by molar-refractivity contribution is 5.59. The van der Waals surface area contributed by atoms with E-state index < -0.39 is 0 Å². The van der Waals surface area contributed by atoms with Gasteiger partial charge in [-0.3, -0.25) is 0 Å². The van der Waals surface area contributed by atoms with Crippen molar-refractivity contribution < 1.29 is 14.2 Å². The van der Waals surface area contributed by atoms with Gasteiger partial charge in [0.05, 0.1) is 25.5 Å². The highest BCUT2D eigenvalue weighted by Crippen LogP contribution is 2.30. The number of nitrogens with one attached hydrogen (secondary N) is 1. The van der Waals surface area contributed by atoms with Crippen molar-refractivity contribution in [2.24, 2.45) is 5.92 Å². The second kappa shape index (κ2) is 7.24. The van der Waals surface area contributed by atoms with E-state index in [0.717, 1.165) is 43.4 Å². The molecule has 0 aliphatic carbocycles. The van der Waals surface area contributed by atoms with Gasteiger partial charge in [0.1, 0.15) is 11.5 Å². The third-order valence-electron chi connectivity index (χ3n) is 3.17. The molecule has 1 atom stereocenters. The minimum absolute atomic E-state index is 0.588. The maximum atomic E-state index is 5.64. The lowest BCUT2D eigenvalue weighted by molar-refractivity contribution is 0.187. The van der Waals surface area contributed by atoms with Gasteiger partial charge in [0.25, 0.3) is 0 Å². The molecule has 1 aromatic rings. The molecule has 0 spiro atoms.